The van der Waals surface area contributed by atoms with Crippen molar-refractivity contribution < 1.29 is 28.5 Å². The van der Waals surface area contributed by atoms with E-state index in [1.165, 1.54) is 15.9 Å². The maximum Gasteiger partial charge on any atom is 0.338 e. The van der Waals surface area contributed by atoms with Crippen LogP contribution >= 0.6 is 27.3 Å². The number of carbonyl (C=O) groups is 1. The molecule has 11 heteroatoms. The van der Waals surface area contributed by atoms with Gasteiger partial charge in [-0.15, -0.1) is 0 Å². The molecular weight excluding hydrogens is 624 g/mol. The van der Waals surface area contributed by atoms with Gasteiger partial charge in [-0.05, 0) is 63.6 Å². The summed E-state index contributed by atoms with van der Waals surface area (Å²) in [6.07, 6.45) is 3.29. The third-order valence-corrected chi connectivity index (χ3v) is 7.72. The fourth-order valence-corrected chi connectivity index (χ4v) is 6.09. The molecule has 4 rings (SSSR count). The minimum atomic E-state index is -0.807. The standard InChI is InChI=1S/C31H33BrN2O7S/c1-8-12-40-28-20(13-21(32)16-24(28)38-7)15-25-29(35)34-27(19-10-11-22(41-17(3)4)23(14-19)37-6)26(30(36)39-9-2)18(5)33-31(34)42-25/h8,10-11,13-17,27H,1,9,12H2,2-7H3/b25-15+/t27-/m0/s1. The highest BCUT2D eigenvalue weighted by Crippen LogP contribution is 2.37. The summed E-state index contributed by atoms with van der Waals surface area (Å²) in [5.41, 5.74) is 1.68. The first-order valence-electron chi connectivity index (χ1n) is 13.3. The van der Waals surface area contributed by atoms with Gasteiger partial charge in [0.1, 0.15) is 6.61 Å². The topological polar surface area (TPSA) is 97.6 Å². The summed E-state index contributed by atoms with van der Waals surface area (Å²) < 4.78 is 31.0. The van der Waals surface area contributed by atoms with Gasteiger partial charge in [0.15, 0.2) is 27.8 Å². The van der Waals surface area contributed by atoms with Gasteiger partial charge >= 0.3 is 5.97 Å². The van der Waals surface area contributed by atoms with E-state index in [4.69, 9.17) is 23.7 Å². The molecule has 0 saturated carbocycles. The molecule has 2 aromatic carbocycles. The molecule has 1 aliphatic heterocycles. The number of ether oxygens (including phenoxy) is 5. The number of fused-ring (bicyclic) bond motifs is 1. The molecule has 1 atom stereocenters. The van der Waals surface area contributed by atoms with Crippen molar-refractivity contribution in [2.75, 3.05) is 27.4 Å². The maximum atomic E-state index is 14.1. The first kappa shape index (κ1) is 31.1. The van der Waals surface area contributed by atoms with Gasteiger partial charge < -0.3 is 23.7 Å². The van der Waals surface area contributed by atoms with Crippen molar-refractivity contribution >= 4 is 39.3 Å². The van der Waals surface area contributed by atoms with E-state index < -0.39 is 12.0 Å². The fourth-order valence-electron chi connectivity index (χ4n) is 4.60. The lowest BCUT2D eigenvalue weighted by atomic mass is 9.95. The third kappa shape index (κ3) is 6.32. The number of benzene rings is 2. The lowest BCUT2D eigenvalue weighted by Crippen LogP contribution is -2.40. The van der Waals surface area contributed by atoms with E-state index >= 15 is 0 Å². The second-order valence-corrected chi connectivity index (χ2v) is 11.4. The highest BCUT2D eigenvalue weighted by Gasteiger charge is 2.34. The van der Waals surface area contributed by atoms with Crippen LogP contribution in [0.5, 0.6) is 23.0 Å². The second kappa shape index (κ2) is 13.4. The van der Waals surface area contributed by atoms with Crippen molar-refractivity contribution in [2.24, 2.45) is 4.99 Å². The van der Waals surface area contributed by atoms with E-state index in [1.54, 1.807) is 58.4 Å². The Bertz CT molecular complexity index is 1720. The second-order valence-electron chi connectivity index (χ2n) is 9.51. The molecular formula is C31H33BrN2O7S. The molecule has 0 fully saturated rings. The lowest BCUT2D eigenvalue weighted by molar-refractivity contribution is -0.139. The Hall–Kier alpha value is -3.83. The van der Waals surface area contributed by atoms with Gasteiger partial charge in [-0.2, -0.15) is 0 Å². The van der Waals surface area contributed by atoms with Gasteiger partial charge in [0, 0.05) is 10.0 Å². The number of rotatable bonds is 11. The average molecular weight is 658 g/mol. The van der Waals surface area contributed by atoms with E-state index in [1.807, 2.05) is 26.0 Å². The van der Waals surface area contributed by atoms with E-state index in [0.29, 0.717) is 49.2 Å². The number of methoxy groups -OCH3 is 2. The molecule has 0 unspecified atom stereocenters. The number of hydrogen-bond donors (Lipinski definition) is 0. The number of carbonyl (C=O) groups excluding carboxylic acids is 1. The van der Waals surface area contributed by atoms with Crippen LogP contribution in [-0.2, 0) is 9.53 Å². The van der Waals surface area contributed by atoms with Crippen LogP contribution in [-0.4, -0.2) is 44.1 Å². The molecule has 42 heavy (non-hydrogen) atoms. The van der Waals surface area contributed by atoms with Gasteiger partial charge in [0.05, 0.1) is 48.8 Å². The highest BCUT2D eigenvalue weighted by atomic mass is 79.9. The molecule has 0 spiro atoms. The Morgan fingerprint density at radius 3 is 2.55 bits per heavy atom. The zero-order chi connectivity index (χ0) is 30.6. The smallest absolute Gasteiger partial charge is 0.338 e. The molecule has 0 radical (unpaired) electrons. The zero-order valence-electron chi connectivity index (χ0n) is 24.4. The predicted molar refractivity (Wildman–Crippen MR) is 166 cm³/mol. The summed E-state index contributed by atoms with van der Waals surface area (Å²) in [5, 5.41) is 0. The molecule has 2 heterocycles. The molecule has 0 amide bonds. The first-order chi connectivity index (χ1) is 20.1. The van der Waals surface area contributed by atoms with Gasteiger partial charge in [-0.25, -0.2) is 9.79 Å². The van der Waals surface area contributed by atoms with Crippen molar-refractivity contribution in [1.82, 2.24) is 4.57 Å². The monoisotopic (exact) mass is 656 g/mol. The predicted octanol–water partition coefficient (Wildman–Crippen LogP) is 4.93. The number of allylic oxidation sites excluding steroid dienone is 1. The average Bonchev–Trinajstić information content (AvgIpc) is 3.25. The Morgan fingerprint density at radius 1 is 1.17 bits per heavy atom. The van der Waals surface area contributed by atoms with Gasteiger partial charge in [-0.3, -0.25) is 9.36 Å². The zero-order valence-corrected chi connectivity index (χ0v) is 26.8. The summed E-state index contributed by atoms with van der Waals surface area (Å²) in [5.74, 6) is 1.46. The largest absolute Gasteiger partial charge is 0.493 e. The number of nitrogens with zero attached hydrogens (tertiary/aromatic N) is 2. The Kier molecular flexibility index (Phi) is 9.95. The Morgan fingerprint density at radius 2 is 1.90 bits per heavy atom. The van der Waals surface area contributed by atoms with Crippen molar-refractivity contribution in [1.29, 1.82) is 0 Å². The van der Waals surface area contributed by atoms with Crippen molar-refractivity contribution in [3.63, 3.8) is 0 Å². The molecule has 0 aliphatic carbocycles. The highest BCUT2D eigenvalue weighted by molar-refractivity contribution is 9.10. The number of hydrogen-bond acceptors (Lipinski definition) is 9. The van der Waals surface area contributed by atoms with Crippen LogP contribution in [0.1, 0.15) is 44.9 Å². The van der Waals surface area contributed by atoms with E-state index in [2.05, 4.69) is 27.5 Å². The maximum absolute atomic E-state index is 14.1. The Balaban J connectivity index is 1.97. The molecule has 3 aromatic rings. The molecule has 1 aliphatic rings. The van der Waals surface area contributed by atoms with Crippen LogP contribution in [0.3, 0.4) is 0 Å². The van der Waals surface area contributed by atoms with Crippen LogP contribution in [0.4, 0.5) is 0 Å². The van der Waals surface area contributed by atoms with E-state index in [0.717, 1.165) is 4.47 Å². The molecule has 9 nitrogen and oxygen atoms in total. The van der Waals surface area contributed by atoms with E-state index in [9.17, 15) is 9.59 Å². The van der Waals surface area contributed by atoms with Crippen molar-refractivity contribution in [2.45, 2.75) is 39.8 Å². The van der Waals surface area contributed by atoms with Gasteiger partial charge in [0.2, 0.25) is 0 Å². The SMILES string of the molecule is C=CCOc1c(/C=c2/sc3n(c2=O)[C@@H](c2ccc(OC(C)C)c(OC)c2)C(C(=O)OCC)=C(C)N=3)cc(Br)cc1OC. The molecule has 0 saturated heterocycles. The summed E-state index contributed by atoms with van der Waals surface area (Å²) in [4.78, 5) is 32.5. The molecule has 1 aromatic heterocycles. The quantitative estimate of drug-likeness (QED) is 0.213. The van der Waals surface area contributed by atoms with Crippen molar-refractivity contribution in [3.05, 3.63) is 89.5 Å². The molecule has 0 bridgehead atoms. The normalized spacial score (nSPS) is 14.8. The lowest BCUT2D eigenvalue weighted by Gasteiger charge is -2.25. The summed E-state index contributed by atoms with van der Waals surface area (Å²) in [7, 11) is 3.09. The summed E-state index contributed by atoms with van der Waals surface area (Å²) in [6.45, 7) is 11.5. The summed E-state index contributed by atoms with van der Waals surface area (Å²) >= 11 is 4.72. The first-order valence-corrected chi connectivity index (χ1v) is 14.9. The fraction of sp³-hybridized carbons (Fsp3) is 0.323. The third-order valence-electron chi connectivity index (χ3n) is 6.28. The van der Waals surface area contributed by atoms with E-state index in [-0.39, 0.29) is 30.5 Å². The molecule has 0 N–H and O–H groups in total. The number of halogens is 1. The number of esters is 1. The van der Waals surface area contributed by atoms with Crippen LogP contribution in [0, 0.1) is 0 Å². The minimum Gasteiger partial charge on any atom is -0.493 e. The Labute approximate surface area is 256 Å². The van der Waals surface area contributed by atoms with Crippen LogP contribution in [0.15, 0.2) is 68.5 Å². The molecule has 222 valence electrons. The van der Waals surface area contributed by atoms with Crippen LogP contribution in [0.25, 0.3) is 6.08 Å². The minimum absolute atomic E-state index is 0.0725. The van der Waals surface area contributed by atoms with Crippen LogP contribution in [0.2, 0.25) is 0 Å². The number of thiazole rings is 1. The summed E-state index contributed by atoms with van der Waals surface area (Å²) in [6, 6.07) is 8.19. The number of aromatic nitrogens is 1. The van der Waals surface area contributed by atoms with Gasteiger partial charge in [-0.1, -0.05) is 46.0 Å². The van der Waals surface area contributed by atoms with Crippen LogP contribution < -0.4 is 33.8 Å². The van der Waals surface area contributed by atoms with Crippen molar-refractivity contribution in [3.8, 4) is 23.0 Å². The van der Waals surface area contributed by atoms with Gasteiger partial charge in [0.25, 0.3) is 5.56 Å².